The topological polar surface area (TPSA) is 12.0 Å². The molecule has 1 aliphatic rings. The van der Waals surface area contributed by atoms with Crippen molar-refractivity contribution in [3.8, 4) is 0 Å². The monoisotopic (exact) mass is 203 g/mol. The lowest BCUT2D eigenvalue weighted by Crippen LogP contribution is -2.25. The van der Waals surface area contributed by atoms with Gasteiger partial charge in [-0.15, -0.1) is 0 Å². The van der Waals surface area contributed by atoms with E-state index in [1.807, 2.05) is 0 Å². The first kappa shape index (κ1) is 10.7. The lowest BCUT2D eigenvalue weighted by atomic mass is 9.96. The summed E-state index contributed by atoms with van der Waals surface area (Å²) in [5.74, 6) is 0.786. The Morgan fingerprint density at radius 3 is 2.93 bits per heavy atom. The van der Waals surface area contributed by atoms with E-state index in [4.69, 9.17) is 0 Å². The lowest BCUT2D eigenvalue weighted by Gasteiger charge is -2.12. The highest BCUT2D eigenvalue weighted by molar-refractivity contribution is 5.26. The molecule has 0 aromatic heterocycles. The molecule has 1 aromatic rings. The minimum absolute atomic E-state index is 0.750. The van der Waals surface area contributed by atoms with Gasteiger partial charge in [0.15, 0.2) is 0 Å². The van der Waals surface area contributed by atoms with E-state index in [1.54, 1.807) is 0 Å². The van der Waals surface area contributed by atoms with E-state index >= 15 is 0 Å². The van der Waals surface area contributed by atoms with Gasteiger partial charge < -0.3 is 5.32 Å². The van der Waals surface area contributed by atoms with Crippen molar-refractivity contribution < 1.29 is 0 Å². The molecule has 0 saturated heterocycles. The maximum Gasteiger partial charge on any atom is 0.00729 e. The van der Waals surface area contributed by atoms with Crippen LogP contribution in [0.3, 0.4) is 0 Å². The second-order valence-electron chi connectivity index (χ2n) is 4.68. The van der Waals surface area contributed by atoms with Crippen LogP contribution >= 0.6 is 0 Å². The predicted molar refractivity (Wildman–Crippen MR) is 65.2 cm³/mol. The van der Waals surface area contributed by atoms with E-state index in [1.165, 1.54) is 30.4 Å². The Labute approximate surface area is 92.9 Å². The van der Waals surface area contributed by atoms with Crippen molar-refractivity contribution in [1.82, 2.24) is 5.32 Å². The van der Waals surface area contributed by atoms with Gasteiger partial charge in [-0.3, -0.25) is 0 Å². The van der Waals surface area contributed by atoms with Crippen molar-refractivity contribution in [3.63, 3.8) is 0 Å². The summed E-state index contributed by atoms with van der Waals surface area (Å²) in [5, 5.41) is 3.56. The zero-order valence-corrected chi connectivity index (χ0v) is 9.79. The zero-order chi connectivity index (χ0) is 10.7. The standard InChI is InChI=1S/C14H21N/c1-3-15-14-8-7-13(10-14)12-6-4-5-11(2)9-12/h4-6,9,13-15H,3,7-8,10H2,1-2H3. The molecule has 2 unspecified atom stereocenters. The van der Waals surface area contributed by atoms with Crippen LogP contribution in [0.25, 0.3) is 0 Å². The maximum atomic E-state index is 3.56. The molecule has 2 atom stereocenters. The van der Waals surface area contributed by atoms with Gasteiger partial charge in [-0.05, 0) is 44.2 Å². The molecule has 1 saturated carbocycles. The molecule has 0 bridgehead atoms. The largest absolute Gasteiger partial charge is 0.314 e. The second-order valence-corrected chi connectivity index (χ2v) is 4.68. The Balaban J connectivity index is 2.01. The Kier molecular flexibility index (Phi) is 3.42. The summed E-state index contributed by atoms with van der Waals surface area (Å²) in [5.41, 5.74) is 2.93. The van der Waals surface area contributed by atoms with Crippen LogP contribution in [0.15, 0.2) is 24.3 Å². The molecule has 1 heteroatoms. The number of benzene rings is 1. The Morgan fingerprint density at radius 2 is 2.20 bits per heavy atom. The van der Waals surface area contributed by atoms with Gasteiger partial charge in [0, 0.05) is 6.04 Å². The maximum absolute atomic E-state index is 3.56. The van der Waals surface area contributed by atoms with Crippen molar-refractivity contribution in [1.29, 1.82) is 0 Å². The fourth-order valence-corrected chi connectivity index (χ4v) is 2.68. The number of nitrogens with one attached hydrogen (secondary N) is 1. The summed E-state index contributed by atoms with van der Waals surface area (Å²) in [7, 11) is 0. The van der Waals surface area contributed by atoms with Gasteiger partial charge in [-0.25, -0.2) is 0 Å². The molecular formula is C14H21N. The molecule has 0 aliphatic heterocycles. The molecule has 15 heavy (non-hydrogen) atoms. The number of rotatable bonds is 3. The highest BCUT2D eigenvalue weighted by atomic mass is 14.9. The summed E-state index contributed by atoms with van der Waals surface area (Å²) >= 11 is 0. The van der Waals surface area contributed by atoms with Crippen LogP contribution in [0, 0.1) is 6.92 Å². The molecular weight excluding hydrogens is 182 g/mol. The molecule has 1 aliphatic carbocycles. The van der Waals surface area contributed by atoms with Gasteiger partial charge in [-0.2, -0.15) is 0 Å². The second kappa shape index (κ2) is 4.80. The molecule has 82 valence electrons. The quantitative estimate of drug-likeness (QED) is 0.795. The smallest absolute Gasteiger partial charge is 0.00729 e. The average Bonchev–Trinajstić information content (AvgIpc) is 2.67. The lowest BCUT2D eigenvalue weighted by molar-refractivity contribution is 0.535. The van der Waals surface area contributed by atoms with Crippen LogP contribution in [0.1, 0.15) is 43.2 Å². The first-order valence-electron chi connectivity index (χ1n) is 6.09. The summed E-state index contributed by atoms with van der Waals surface area (Å²) in [6.45, 7) is 5.48. The van der Waals surface area contributed by atoms with Gasteiger partial charge in [0.05, 0.1) is 0 Å². The van der Waals surface area contributed by atoms with Crippen LogP contribution < -0.4 is 5.32 Å². The van der Waals surface area contributed by atoms with Crippen LogP contribution in [-0.4, -0.2) is 12.6 Å². The summed E-state index contributed by atoms with van der Waals surface area (Å²) in [6, 6.07) is 9.75. The van der Waals surface area contributed by atoms with E-state index in [0.717, 1.165) is 18.5 Å². The van der Waals surface area contributed by atoms with Crippen LogP contribution in [0.4, 0.5) is 0 Å². The molecule has 0 spiro atoms. The van der Waals surface area contributed by atoms with Crippen molar-refractivity contribution in [2.75, 3.05) is 6.54 Å². The number of hydrogen-bond acceptors (Lipinski definition) is 1. The third kappa shape index (κ3) is 2.60. The van der Waals surface area contributed by atoms with Gasteiger partial charge in [-0.1, -0.05) is 36.8 Å². The molecule has 1 nitrogen and oxygen atoms in total. The van der Waals surface area contributed by atoms with Gasteiger partial charge in [0.2, 0.25) is 0 Å². The minimum Gasteiger partial charge on any atom is -0.314 e. The number of hydrogen-bond donors (Lipinski definition) is 1. The van der Waals surface area contributed by atoms with E-state index < -0.39 is 0 Å². The summed E-state index contributed by atoms with van der Waals surface area (Å²) in [4.78, 5) is 0. The summed E-state index contributed by atoms with van der Waals surface area (Å²) < 4.78 is 0. The SMILES string of the molecule is CCNC1CCC(c2cccc(C)c2)C1. The van der Waals surface area contributed by atoms with Gasteiger partial charge in [0.1, 0.15) is 0 Å². The van der Waals surface area contributed by atoms with Crippen LogP contribution in [-0.2, 0) is 0 Å². The average molecular weight is 203 g/mol. The van der Waals surface area contributed by atoms with Gasteiger partial charge >= 0.3 is 0 Å². The Bertz CT molecular complexity index is 319. The predicted octanol–water partition coefficient (Wildman–Crippen LogP) is 3.24. The van der Waals surface area contributed by atoms with Crippen molar-refractivity contribution in [3.05, 3.63) is 35.4 Å². The van der Waals surface area contributed by atoms with E-state index in [2.05, 4.69) is 43.4 Å². The summed E-state index contributed by atoms with van der Waals surface area (Å²) in [6.07, 6.45) is 4.00. The first-order chi connectivity index (χ1) is 7.29. The van der Waals surface area contributed by atoms with Crippen molar-refractivity contribution in [2.24, 2.45) is 0 Å². The molecule has 0 heterocycles. The van der Waals surface area contributed by atoms with Crippen molar-refractivity contribution >= 4 is 0 Å². The fourth-order valence-electron chi connectivity index (χ4n) is 2.68. The third-order valence-electron chi connectivity index (χ3n) is 3.44. The molecule has 1 aromatic carbocycles. The third-order valence-corrected chi connectivity index (χ3v) is 3.44. The molecule has 2 rings (SSSR count). The Hall–Kier alpha value is -0.820. The Morgan fingerprint density at radius 1 is 1.33 bits per heavy atom. The van der Waals surface area contributed by atoms with E-state index in [0.29, 0.717) is 0 Å². The highest BCUT2D eigenvalue weighted by Crippen LogP contribution is 2.34. The van der Waals surface area contributed by atoms with Gasteiger partial charge in [0.25, 0.3) is 0 Å². The first-order valence-corrected chi connectivity index (χ1v) is 6.09. The molecule has 1 N–H and O–H groups in total. The zero-order valence-electron chi connectivity index (χ0n) is 9.79. The van der Waals surface area contributed by atoms with Crippen LogP contribution in [0.2, 0.25) is 0 Å². The highest BCUT2D eigenvalue weighted by Gasteiger charge is 2.24. The van der Waals surface area contributed by atoms with E-state index in [9.17, 15) is 0 Å². The normalized spacial score (nSPS) is 25.7. The van der Waals surface area contributed by atoms with Crippen molar-refractivity contribution in [2.45, 2.75) is 45.1 Å². The van der Waals surface area contributed by atoms with Crippen LogP contribution in [0.5, 0.6) is 0 Å². The minimum atomic E-state index is 0.750. The fraction of sp³-hybridized carbons (Fsp3) is 0.571. The molecule has 0 radical (unpaired) electrons. The van der Waals surface area contributed by atoms with E-state index in [-0.39, 0.29) is 0 Å². The molecule has 0 amide bonds. The number of aryl methyl sites for hydroxylation is 1. The molecule has 1 fully saturated rings.